The van der Waals surface area contributed by atoms with Gasteiger partial charge in [0.15, 0.2) is 11.8 Å². The SMILES string of the molecule is COC1=C(N)CC(O)(COS(=O)(=O)O)CC1=NC(CO)C(=O)O. The Hall–Kier alpha value is -1.73. The first-order valence-electron chi connectivity index (χ1n) is 6.29. The maximum Gasteiger partial charge on any atom is 0.397 e. The van der Waals surface area contributed by atoms with E-state index in [-0.39, 0.29) is 30.0 Å². The minimum absolute atomic E-state index is 0.0129. The van der Waals surface area contributed by atoms with E-state index in [0.29, 0.717) is 0 Å². The molecule has 2 unspecified atom stereocenters. The smallest absolute Gasteiger partial charge is 0.397 e. The van der Waals surface area contributed by atoms with Crippen LogP contribution < -0.4 is 5.73 Å². The zero-order valence-corrected chi connectivity index (χ0v) is 13.0. The lowest BCUT2D eigenvalue weighted by atomic mass is 9.85. The number of allylic oxidation sites excluding steroid dienone is 1. The van der Waals surface area contributed by atoms with E-state index in [1.807, 2.05) is 0 Å². The number of rotatable bonds is 7. The first kappa shape index (κ1) is 19.3. The number of hydrogen-bond acceptors (Lipinski definition) is 9. The summed E-state index contributed by atoms with van der Waals surface area (Å²) in [6.45, 7) is -1.62. The fourth-order valence-corrected chi connectivity index (χ4v) is 2.44. The normalized spacial score (nSPS) is 25.5. The van der Waals surface area contributed by atoms with E-state index in [1.165, 1.54) is 7.11 Å². The van der Waals surface area contributed by atoms with E-state index in [1.54, 1.807) is 0 Å². The fraction of sp³-hybridized carbons (Fsp3) is 0.636. The third-order valence-corrected chi connectivity index (χ3v) is 3.44. The maximum atomic E-state index is 10.9. The highest BCUT2D eigenvalue weighted by Crippen LogP contribution is 2.30. The third kappa shape index (κ3) is 5.44. The van der Waals surface area contributed by atoms with E-state index < -0.39 is 41.2 Å². The number of carboxylic acid groups (broad SMARTS) is 1. The first-order chi connectivity index (χ1) is 10.5. The molecule has 0 aromatic rings. The molecule has 1 rings (SSSR count). The van der Waals surface area contributed by atoms with Crippen LogP contribution in [-0.4, -0.2) is 71.9 Å². The van der Waals surface area contributed by atoms with Crippen molar-refractivity contribution in [1.29, 1.82) is 0 Å². The van der Waals surface area contributed by atoms with Crippen LogP contribution in [0.5, 0.6) is 0 Å². The Kier molecular flexibility index (Phi) is 6.07. The molecule has 0 fully saturated rings. The molecule has 1 aliphatic carbocycles. The molecule has 23 heavy (non-hydrogen) atoms. The van der Waals surface area contributed by atoms with Gasteiger partial charge in [0.25, 0.3) is 0 Å². The monoisotopic (exact) mass is 354 g/mol. The van der Waals surface area contributed by atoms with Gasteiger partial charge in [-0.25, -0.2) is 8.98 Å². The zero-order valence-electron chi connectivity index (χ0n) is 12.2. The number of aliphatic hydroxyl groups is 2. The molecule has 0 aromatic heterocycles. The second-order valence-corrected chi connectivity index (χ2v) is 6.03. The summed E-state index contributed by atoms with van der Waals surface area (Å²) in [5.41, 5.74) is 3.79. The van der Waals surface area contributed by atoms with Crippen LogP contribution in [0.4, 0.5) is 0 Å². The number of aliphatic imine (C=N–C) groups is 1. The standard InChI is InChI=1S/C11H18N2O9S/c1-21-9-6(12)2-11(17,5-22-23(18,19)20)3-7(9)13-8(4-14)10(15)16/h8,14,17H,2-5,12H2,1H3,(H,15,16)(H,18,19,20). The molecule has 1 aliphatic rings. The average molecular weight is 354 g/mol. The van der Waals surface area contributed by atoms with Crippen molar-refractivity contribution in [3.63, 3.8) is 0 Å². The van der Waals surface area contributed by atoms with Crippen LogP contribution >= 0.6 is 0 Å². The van der Waals surface area contributed by atoms with Gasteiger partial charge in [-0.3, -0.25) is 9.55 Å². The second kappa shape index (κ2) is 7.23. The molecule has 6 N–H and O–H groups in total. The number of ether oxygens (including phenoxy) is 1. The molecule has 0 amide bonds. The van der Waals surface area contributed by atoms with Gasteiger partial charge < -0.3 is 25.8 Å². The van der Waals surface area contributed by atoms with Crippen molar-refractivity contribution >= 4 is 22.1 Å². The van der Waals surface area contributed by atoms with Crippen molar-refractivity contribution in [2.24, 2.45) is 10.7 Å². The Labute approximate surface area is 132 Å². The maximum absolute atomic E-state index is 10.9. The molecule has 0 aliphatic heterocycles. The summed E-state index contributed by atoms with van der Waals surface area (Å²) in [6.07, 6.45) is -0.599. The number of aliphatic hydroxyl groups excluding tert-OH is 1. The minimum atomic E-state index is -4.78. The summed E-state index contributed by atoms with van der Waals surface area (Å²) in [5, 5.41) is 28.3. The van der Waals surface area contributed by atoms with E-state index in [2.05, 4.69) is 9.18 Å². The Bertz CT molecular complexity index is 627. The van der Waals surface area contributed by atoms with Gasteiger partial charge in [-0.05, 0) is 0 Å². The topological polar surface area (TPSA) is 189 Å². The fourth-order valence-electron chi connectivity index (χ4n) is 2.08. The largest absolute Gasteiger partial charge is 0.493 e. The number of aliphatic carboxylic acids is 1. The molecular weight excluding hydrogens is 336 g/mol. The Morgan fingerprint density at radius 2 is 2.09 bits per heavy atom. The van der Waals surface area contributed by atoms with E-state index in [0.717, 1.165) is 0 Å². The van der Waals surface area contributed by atoms with Crippen molar-refractivity contribution < 1.29 is 42.0 Å². The highest BCUT2D eigenvalue weighted by atomic mass is 32.3. The highest BCUT2D eigenvalue weighted by Gasteiger charge is 2.39. The lowest BCUT2D eigenvalue weighted by Crippen LogP contribution is -2.44. The minimum Gasteiger partial charge on any atom is -0.493 e. The number of carboxylic acids is 1. The van der Waals surface area contributed by atoms with Gasteiger partial charge in [-0.15, -0.1) is 0 Å². The van der Waals surface area contributed by atoms with Crippen molar-refractivity contribution in [3.05, 3.63) is 11.5 Å². The average Bonchev–Trinajstić information content (AvgIpc) is 2.41. The summed E-state index contributed by atoms with van der Waals surface area (Å²) < 4.78 is 39.0. The summed E-state index contributed by atoms with van der Waals surface area (Å²) in [6, 6.07) is -1.51. The molecule has 0 aromatic carbocycles. The molecule has 0 radical (unpaired) electrons. The van der Waals surface area contributed by atoms with Crippen LogP contribution in [-0.2, 0) is 24.1 Å². The predicted octanol–water partition coefficient (Wildman–Crippen LogP) is -1.97. The molecule has 0 saturated heterocycles. The highest BCUT2D eigenvalue weighted by molar-refractivity contribution is 7.80. The molecular formula is C11H18N2O9S. The number of methoxy groups -OCH3 is 1. The predicted molar refractivity (Wildman–Crippen MR) is 75.9 cm³/mol. The van der Waals surface area contributed by atoms with Crippen molar-refractivity contribution in [2.75, 3.05) is 20.3 Å². The quantitative estimate of drug-likeness (QED) is 0.321. The van der Waals surface area contributed by atoms with Gasteiger partial charge in [0, 0.05) is 12.8 Å². The number of nitrogens with zero attached hydrogens (tertiary/aromatic N) is 1. The van der Waals surface area contributed by atoms with E-state index >= 15 is 0 Å². The Morgan fingerprint density at radius 3 is 2.52 bits per heavy atom. The van der Waals surface area contributed by atoms with Gasteiger partial charge in [0.05, 0.1) is 31.7 Å². The van der Waals surface area contributed by atoms with Gasteiger partial charge >= 0.3 is 16.4 Å². The number of nitrogens with two attached hydrogens (primary N) is 1. The molecule has 2 atom stereocenters. The van der Waals surface area contributed by atoms with Crippen molar-refractivity contribution in [3.8, 4) is 0 Å². The van der Waals surface area contributed by atoms with Crippen LogP contribution in [0.1, 0.15) is 12.8 Å². The molecule has 132 valence electrons. The molecule has 0 heterocycles. The third-order valence-electron chi connectivity index (χ3n) is 3.02. The van der Waals surface area contributed by atoms with Crippen LogP contribution in [0.25, 0.3) is 0 Å². The Morgan fingerprint density at radius 1 is 1.48 bits per heavy atom. The summed E-state index contributed by atoms with van der Waals surface area (Å²) in [4.78, 5) is 14.7. The number of hydrogen-bond donors (Lipinski definition) is 5. The van der Waals surface area contributed by atoms with Gasteiger partial charge in [0.2, 0.25) is 0 Å². The second-order valence-electron chi connectivity index (χ2n) is 4.94. The molecule has 0 saturated carbocycles. The van der Waals surface area contributed by atoms with Crippen LogP contribution in [0.15, 0.2) is 16.4 Å². The lowest BCUT2D eigenvalue weighted by Gasteiger charge is -2.33. The lowest BCUT2D eigenvalue weighted by molar-refractivity contribution is -0.139. The zero-order chi connectivity index (χ0) is 17.8. The van der Waals surface area contributed by atoms with Crippen molar-refractivity contribution in [2.45, 2.75) is 24.5 Å². The van der Waals surface area contributed by atoms with Crippen LogP contribution in [0.2, 0.25) is 0 Å². The van der Waals surface area contributed by atoms with Gasteiger partial charge in [-0.1, -0.05) is 0 Å². The molecule has 12 heteroatoms. The molecule has 0 spiro atoms. The summed E-state index contributed by atoms with van der Waals surface area (Å²) in [5.74, 6) is -1.38. The Balaban J connectivity index is 3.15. The first-order valence-corrected chi connectivity index (χ1v) is 7.65. The van der Waals surface area contributed by atoms with E-state index in [9.17, 15) is 18.3 Å². The number of carbonyl (C=O) groups is 1. The van der Waals surface area contributed by atoms with E-state index in [4.69, 9.17) is 25.2 Å². The molecule has 0 bridgehead atoms. The van der Waals surface area contributed by atoms with Gasteiger partial charge in [0.1, 0.15) is 5.60 Å². The molecule has 11 nitrogen and oxygen atoms in total. The summed E-state index contributed by atoms with van der Waals surface area (Å²) >= 11 is 0. The van der Waals surface area contributed by atoms with Crippen molar-refractivity contribution in [1.82, 2.24) is 0 Å². The van der Waals surface area contributed by atoms with Crippen LogP contribution in [0, 0.1) is 0 Å². The summed E-state index contributed by atoms with van der Waals surface area (Å²) in [7, 11) is -3.52. The van der Waals surface area contributed by atoms with Crippen LogP contribution in [0.3, 0.4) is 0 Å². The van der Waals surface area contributed by atoms with Gasteiger partial charge in [-0.2, -0.15) is 8.42 Å².